The molecule has 134 valence electrons. The van der Waals surface area contributed by atoms with E-state index < -0.39 is 0 Å². The Morgan fingerprint density at radius 1 is 1.44 bits per heavy atom. The lowest BCUT2D eigenvalue weighted by atomic mass is 10.1. The quantitative estimate of drug-likeness (QED) is 0.740. The number of hydrogen-bond acceptors (Lipinski definition) is 5. The summed E-state index contributed by atoms with van der Waals surface area (Å²) >= 11 is 0. The van der Waals surface area contributed by atoms with Crippen LogP contribution in [0.2, 0.25) is 0 Å². The lowest BCUT2D eigenvalue weighted by Crippen LogP contribution is -2.24. The van der Waals surface area contributed by atoms with Gasteiger partial charge in [-0.15, -0.1) is 0 Å². The largest absolute Gasteiger partial charge is 0.494 e. The highest BCUT2D eigenvalue weighted by Gasteiger charge is 2.27. The molecule has 1 aliphatic rings. The number of ether oxygens (including phenoxy) is 2. The van der Waals surface area contributed by atoms with Crippen molar-refractivity contribution < 1.29 is 18.7 Å². The van der Waals surface area contributed by atoms with Gasteiger partial charge in [0.25, 0.3) is 5.91 Å². The van der Waals surface area contributed by atoms with Crippen molar-refractivity contribution in [1.82, 2.24) is 10.3 Å². The number of unbranched alkanes of at least 4 members (excludes halogenated alkanes) is 1. The molecule has 1 saturated heterocycles. The molecule has 25 heavy (non-hydrogen) atoms. The minimum absolute atomic E-state index is 0.168. The van der Waals surface area contributed by atoms with Gasteiger partial charge in [0.1, 0.15) is 11.9 Å². The van der Waals surface area contributed by atoms with Crippen molar-refractivity contribution in [3.05, 3.63) is 47.7 Å². The van der Waals surface area contributed by atoms with Crippen LogP contribution in [0.3, 0.4) is 0 Å². The van der Waals surface area contributed by atoms with E-state index in [1.54, 1.807) is 0 Å². The van der Waals surface area contributed by atoms with Gasteiger partial charge in [0.2, 0.25) is 0 Å². The summed E-state index contributed by atoms with van der Waals surface area (Å²) in [5.41, 5.74) is 1.28. The molecule has 1 amide bonds. The second-order valence-corrected chi connectivity index (χ2v) is 6.10. The van der Waals surface area contributed by atoms with Crippen molar-refractivity contribution in [1.29, 1.82) is 0 Å². The highest BCUT2D eigenvalue weighted by molar-refractivity contribution is 5.93. The van der Waals surface area contributed by atoms with Crippen LogP contribution in [-0.2, 0) is 11.3 Å². The van der Waals surface area contributed by atoms with E-state index in [2.05, 4.69) is 17.2 Å². The maximum atomic E-state index is 12.4. The van der Waals surface area contributed by atoms with Crippen LogP contribution in [0.15, 0.2) is 35.1 Å². The third-order valence-corrected chi connectivity index (χ3v) is 4.15. The van der Waals surface area contributed by atoms with Crippen molar-refractivity contribution in [3.63, 3.8) is 0 Å². The molecule has 1 unspecified atom stereocenters. The van der Waals surface area contributed by atoms with Gasteiger partial charge < -0.3 is 19.2 Å². The van der Waals surface area contributed by atoms with E-state index in [0.29, 0.717) is 31.2 Å². The first-order chi connectivity index (χ1) is 12.3. The molecule has 3 rings (SSSR count). The lowest BCUT2D eigenvalue weighted by Gasteiger charge is -2.10. The number of aromatic nitrogens is 1. The Kier molecular flexibility index (Phi) is 6.06. The van der Waals surface area contributed by atoms with Crippen LogP contribution in [0, 0.1) is 0 Å². The van der Waals surface area contributed by atoms with Crippen LogP contribution in [-0.4, -0.2) is 24.1 Å². The van der Waals surface area contributed by atoms with E-state index in [1.807, 2.05) is 24.3 Å². The summed E-state index contributed by atoms with van der Waals surface area (Å²) in [7, 11) is 0. The molecule has 0 bridgehead atoms. The van der Waals surface area contributed by atoms with Crippen LogP contribution in [0.25, 0.3) is 0 Å². The van der Waals surface area contributed by atoms with Gasteiger partial charge in [-0.3, -0.25) is 4.79 Å². The fraction of sp³-hybridized carbons (Fsp3) is 0.474. The standard InChI is InChI=1S/C19H24N2O4/c1-2-3-9-23-15-7-4-6-14(11-15)12-20-19(22)17-18(25-13-21-17)16-8-5-10-24-16/h4,6-7,11,13,16H,2-3,5,8-10,12H2,1H3,(H,20,22). The second-order valence-electron chi connectivity index (χ2n) is 6.10. The van der Waals surface area contributed by atoms with E-state index >= 15 is 0 Å². The minimum atomic E-state index is -0.253. The van der Waals surface area contributed by atoms with Crippen LogP contribution in [0.4, 0.5) is 0 Å². The Labute approximate surface area is 147 Å². The first-order valence-electron chi connectivity index (χ1n) is 8.83. The monoisotopic (exact) mass is 344 g/mol. The Bertz CT molecular complexity index is 692. The SMILES string of the molecule is CCCCOc1cccc(CNC(=O)c2ncoc2C2CCCO2)c1. The molecule has 1 atom stereocenters. The zero-order valence-electron chi connectivity index (χ0n) is 14.5. The maximum absolute atomic E-state index is 12.4. The van der Waals surface area contributed by atoms with Crippen LogP contribution < -0.4 is 10.1 Å². The Morgan fingerprint density at radius 3 is 3.16 bits per heavy atom. The van der Waals surface area contributed by atoms with E-state index in [9.17, 15) is 4.79 Å². The number of hydrogen-bond donors (Lipinski definition) is 1. The molecular weight excluding hydrogens is 320 g/mol. The summed E-state index contributed by atoms with van der Waals surface area (Å²) in [6.07, 6.45) is 5.08. The van der Waals surface area contributed by atoms with Crippen LogP contribution in [0.5, 0.6) is 5.75 Å². The van der Waals surface area contributed by atoms with E-state index in [0.717, 1.165) is 37.0 Å². The zero-order valence-corrected chi connectivity index (χ0v) is 14.5. The summed E-state index contributed by atoms with van der Waals surface area (Å²) in [5, 5.41) is 2.89. The second kappa shape index (κ2) is 8.67. The van der Waals surface area contributed by atoms with Crippen molar-refractivity contribution in [3.8, 4) is 5.75 Å². The summed E-state index contributed by atoms with van der Waals surface area (Å²) in [4.78, 5) is 16.5. The number of nitrogens with one attached hydrogen (secondary N) is 1. The van der Waals surface area contributed by atoms with Gasteiger partial charge in [0.15, 0.2) is 17.8 Å². The molecular formula is C19H24N2O4. The zero-order chi connectivity index (χ0) is 17.5. The third-order valence-electron chi connectivity index (χ3n) is 4.15. The van der Waals surface area contributed by atoms with Gasteiger partial charge in [0, 0.05) is 13.2 Å². The number of nitrogens with zero attached hydrogens (tertiary/aromatic N) is 1. The summed E-state index contributed by atoms with van der Waals surface area (Å²) in [6.45, 7) is 3.93. The molecule has 1 aromatic heterocycles. The predicted molar refractivity (Wildman–Crippen MR) is 92.4 cm³/mol. The number of rotatable bonds is 8. The molecule has 1 N–H and O–H groups in total. The minimum Gasteiger partial charge on any atom is -0.494 e. The molecule has 0 spiro atoms. The molecule has 0 radical (unpaired) electrons. The normalized spacial score (nSPS) is 16.8. The van der Waals surface area contributed by atoms with Crippen LogP contribution in [0.1, 0.15) is 60.5 Å². The Balaban J connectivity index is 1.57. The number of oxazole rings is 1. The smallest absolute Gasteiger partial charge is 0.273 e. The summed E-state index contributed by atoms with van der Waals surface area (Å²) in [6, 6.07) is 7.75. The molecule has 0 saturated carbocycles. The first-order valence-corrected chi connectivity index (χ1v) is 8.83. The number of carbonyl (C=O) groups is 1. The number of amides is 1. The van der Waals surface area contributed by atoms with Crippen molar-refractivity contribution in [2.45, 2.75) is 45.3 Å². The van der Waals surface area contributed by atoms with Gasteiger partial charge in [-0.1, -0.05) is 25.5 Å². The van der Waals surface area contributed by atoms with Gasteiger partial charge in [0.05, 0.1) is 6.61 Å². The maximum Gasteiger partial charge on any atom is 0.273 e. The first kappa shape index (κ1) is 17.5. The Hall–Kier alpha value is -2.34. The molecule has 2 heterocycles. The average molecular weight is 344 g/mol. The third kappa shape index (κ3) is 4.60. The predicted octanol–water partition coefficient (Wildman–Crippen LogP) is 3.64. The molecule has 1 fully saturated rings. The van der Waals surface area contributed by atoms with Gasteiger partial charge in [-0.25, -0.2) is 4.98 Å². The van der Waals surface area contributed by atoms with Crippen LogP contribution >= 0.6 is 0 Å². The molecule has 2 aromatic rings. The highest BCUT2D eigenvalue weighted by atomic mass is 16.5. The summed E-state index contributed by atoms with van der Waals surface area (Å²) < 4.78 is 16.7. The topological polar surface area (TPSA) is 73.6 Å². The molecule has 6 heteroatoms. The molecule has 0 aliphatic carbocycles. The molecule has 1 aromatic carbocycles. The molecule has 1 aliphatic heterocycles. The molecule has 6 nitrogen and oxygen atoms in total. The lowest BCUT2D eigenvalue weighted by molar-refractivity contribution is 0.0860. The number of benzene rings is 1. The van der Waals surface area contributed by atoms with E-state index in [-0.39, 0.29) is 12.0 Å². The van der Waals surface area contributed by atoms with Gasteiger partial charge in [-0.2, -0.15) is 0 Å². The van der Waals surface area contributed by atoms with Gasteiger partial charge in [-0.05, 0) is 37.0 Å². The summed E-state index contributed by atoms with van der Waals surface area (Å²) in [5.74, 6) is 1.09. The van der Waals surface area contributed by atoms with Crippen molar-refractivity contribution >= 4 is 5.91 Å². The van der Waals surface area contributed by atoms with Crippen molar-refractivity contribution in [2.24, 2.45) is 0 Å². The fourth-order valence-electron chi connectivity index (χ4n) is 2.78. The average Bonchev–Trinajstić information content (AvgIpc) is 3.31. The van der Waals surface area contributed by atoms with Gasteiger partial charge >= 0.3 is 0 Å². The highest BCUT2D eigenvalue weighted by Crippen LogP contribution is 2.30. The fourth-order valence-corrected chi connectivity index (χ4v) is 2.78. The Morgan fingerprint density at radius 2 is 2.36 bits per heavy atom. The van der Waals surface area contributed by atoms with Crippen molar-refractivity contribution in [2.75, 3.05) is 13.2 Å². The van der Waals surface area contributed by atoms with E-state index in [4.69, 9.17) is 13.9 Å². The van der Waals surface area contributed by atoms with E-state index in [1.165, 1.54) is 6.39 Å². The number of carbonyl (C=O) groups excluding carboxylic acids is 1.